The summed E-state index contributed by atoms with van der Waals surface area (Å²) >= 11 is 0.640. The minimum atomic E-state index is -4.10. The number of amides is 2. The summed E-state index contributed by atoms with van der Waals surface area (Å²) in [4.78, 5) is 36.7. The van der Waals surface area contributed by atoms with Crippen LogP contribution in [0.15, 0.2) is 58.3 Å². The molecule has 0 radical (unpaired) electrons. The summed E-state index contributed by atoms with van der Waals surface area (Å²) in [6, 6.07) is 12.4. The zero-order chi connectivity index (χ0) is 21.9. The van der Waals surface area contributed by atoms with Crippen LogP contribution in [-0.4, -0.2) is 44.1 Å². The van der Waals surface area contributed by atoms with E-state index < -0.39 is 33.8 Å². The maximum atomic E-state index is 12.6. The second-order valence-electron chi connectivity index (χ2n) is 6.23. The van der Waals surface area contributed by atoms with Gasteiger partial charge in [-0.05, 0) is 43.0 Å². The van der Waals surface area contributed by atoms with Crippen molar-refractivity contribution in [3.8, 4) is 5.75 Å². The monoisotopic (exact) mass is 447 g/mol. The number of carbonyl (C=O) groups is 3. The van der Waals surface area contributed by atoms with Crippen LogP contribution < -0.4 is 4.18 Å². The van der Waals surface area contributed by atoms with E-state index >= 15 is 0 Å². The molecule has 1 fully saturated rings. The van der Waals surface area contributed by atoms with Gasteiger partial charge in [0.25, 0.3) is 11.1 Å². The standard InChI is InChI=1S/C20H17NO7S2/c1-13-7-9-15(10-8-13)30(25,26)28-16-6-4-3-5-14(16)11-17-19(23)21(20(24)29-17)12-18(22)27-2/h3-11H,12H2,1-2H3/b17-11-. The van der Waals surface area contributed by atoms with E-state index in [-0.39, 0.29) is 21.1 Å². The Balaban J connectivity index is 1.89. The lowest BCUT2D eigenvalue weighted by molar-refractivity contribution is -0.143. The van der Waals surface area contributed by atoms with Crippen LogP contribution >= 0.6 is 11.8 Å². The summed E-state index contributed by atoms with van der Waals surface area (Å²) in [5.74, 6) is -1.41. The summed E-state index contributed by atoms with van der Waals surface area (Å²) < 4.78 is 35.0. The summed E-state index contributed by atoms with van der Waals surface area (Å²) in [6.07, 6.45) is 1.35. The minimum absolute atomic E-state index is 0.00200. The van der Waals surface area contributed by atoms with Gasteiger partial charge in [-0.3, -0.25) is 19.3 Å². The van der Waals surface area contributed by atoms with Crippen LogP contribution in [-0.2, 0) is 24.4 Å². The van der Waals surface area contributed by atoms with Gasteiger partial charge in [0.05, 0.1) is 12.0 Å². The molecule has 0 bridgehead atoms. The van der Waals surface area contributed by atoms with Crippen LogP contribution in [0.2, 0.25) is 0 Å². The lowest BCUT2D eigenvalue weighted by Crippen LogP contribution is -2.34. The fraction of sp³-hybridized carbons (Fsp3) is 0.150. The van der Waals surface area contributed by atoms with E-state index in [1.165, 1.54) is 24.3 Å². The fourth-order valence-electron chi connectivity index (χ4n) is 2.52. The molecule has 1 saturated heterocycles. The average Bonchev–Trinajstić information content (AvgIpc) is 2.97. The Hall–Kier alpha value is -3.11. The van der Waals surface area contributed by atoms with Crippen molar-refractivity contribution < 1.29 is 31.7 Å². The summed E-state index contributed by atoms with van der Waals surface area (Å²) in [5.41, 5.74) is 1.19. The first-order valence-corrected chi connectivity index (χ1v) is 10.9. The summed E-state index contributed by atoms with van der Waals surface area (Å²) in [7, 11) is -2.95. The molecule has 0 saturated carbocycles. The predicted molar refractivity (Wildman–Crippen MR) is 110 cm³/mol. The molecule has 10 heteroatoms. The lowest BCUT2D eigenvalue weighted by atomic mass is 10.2. The van der Waals surface area contributed by atoms with Crippen LogP contribution in [0.5, 0.6) is 5.75 Å². The number of esters is 1. The molecule has 1 aliphatic rings. The fourth-order valence-corrected chi connectivity index (χ4v) is 4.30. The number of methoxy groups -OCH3 is 1. The van der Waals surface area contributed by atoms with Crippen LogP contribution in [0, 0.1) is 6.92 Å². The molecule has 8 nitrogen and oxygen atoms in total. The van der Waals surface area contributed by atoms with Crippen LogP contribution in [0.1, 0.15) is 11.1 Å². The molecule has 2 amide bonds. The number of para-hydroxylation sites is 1. The SMILES string of the molecule is COC(=O)CN1C(=O)S/C(=C\c2ccccc2OS(=O)(=O)c2ccc(C)cc2)C1=O. The Bertz CT molecular complexity index is 1140. The number of thioether (sulfide) groups is 1. The molecule has 0 atom stereocenters. The van der Waals surface area contributed by atoms with Crippen LogP contribution in [0.3, 0.4) is 0 Å². The van der Waals surface area contributed by atoms with Crippen molar-refractivity contribution in [1.29, 1.82) is 0 Å². The molecule has 1 heterocycles. The van der Waals surface area contributed by atoms with Crippen molar-refractivity contribution in [2.45, 2.75) is 11.8 Å². The van der Waals surface area contributed by atoms with Gasteiger partial charge in [-0.25, -0.2) is 0 Å². The molecular weight excluding hydrogens is 430 g/mol. The second kappa shape index (κ2) is 8.72. The number of rotatable bonds is 6. The highest BCUT2D eigenvalue weighted by molar-refractivity contribution is 8.18. The van der Waals surface area contributed by atoms with Gasteiger partial charge in [-0.15, -0.1) is 0 Å². The molecule has 2 aromatic carbocycles. The van der Waals surface area contributed by atoms with Crippen LogP contribution in [0.25, 0.3) is 6.08 Å². The van der Waals surface area contributed by atoms with Crippen molar-refractivity contribution in [3.05, 3.63) is 64.6 Å². The number of hydrogen-bond donors (Lipinski definition) is 0. The molecule has 3 rings (SSSR count). The van der Waals surface area contributed by atoms with Gasteiger partial charge in [-0.2, -0.15) is 8.42 Å². The van der Waals surface area contributed by atoms with Gasteiger partial charge in [0.15, 0.2) is 0 Å². The first kappa shape index (κ1) is 21.6. The Kier molecular flexibility index (Phi) is 6.28. The maximum absolute atomic E-state index is 12.6. The Labute approximate surface area is 177 Å². The Morgan fingerprint density at radius 2 is 1.77 bits per heavy atom. The highest BCUT2D eigenvalue weighted by Crippen LogP contribution is 2.34. The number of ether oxygens (including phenoxy) is 1. The zero-order valence-electron chi connectivity index (χ0n) is 16.0. The first-order valence-electron chi connectivity index (χ1n) is 8.63. The smallest absolute Gasteiger partial charge is 0.339 e. The maximum Gasteiger partial charge on any atom is 0.339 e. The lowest BCUT2D eigenvalue weighted by Gasteiger charge is -2.11. The molecule has 156 valence electrons. The van der Waals surface area contributed by atoms with Crippen LogP contribution in [0.4, 0.5) is 4.79 Å². The molecule has 30 heavy (non-hydrogen) atoms. The van der Waals surface area contributed by atoms with Gasteiger partial charge in [0.1, 0.15) is 17.2 Å². The van der Waals surface area contributed by atoms with Crippen molar-refractivity contribution in [2.75, 3.05) is 13.7 Å². The van der Waals surface area contributed by atoms with Gasteiger partial charge in [0, 0.05) is 5.56 Å². The van der Waals surface area contributed by atoms with Gasteiger partial charge in [0.2, 0.25) is 0 Å². The normalized spacial score (nSPS) is 15.5. The summed E-state index contributed by atoms with van der Waals surface area (Å²) in [5, 5.41) is -0.623. The van der Waals surface area contributed by atoms with E-state index in [1.54, 1.807) is 30.3 Å². The van der Waals surface area contributed by atoms with Gasteiger partial charge < -0.3 is 8.92 Å². The van der Waals surface area contributed by atoms with Crippen molar-refractivity contribution >= 4 is 45.1 Å². The van der Waals surface area contributed by atoms with E-state index in [9.17, 15) is 22.8 Å². The predicted octanol–water partition coefficient (Wildman–Crippen LogP) is 2.97. The number of hydrogen-bond acceptors (Lipinski definition) is 8. The molecule has 0 aliphatic carbocycles. The molecule has 1 aliphatic heterocycles. The summed E-state index contributed by atoms with van der Waals surface area (Å²) in [6.45, 7) is 1.33. The molecule has 0 spiro atoms. The van der Waals surface area contributed by atoms with Crippen molar-refractivity contribution in [3.63, 3.8) is 0 Å². The third kappa shape index (κ3) is 4.71. The number of imide groups is 1. The third-order valence-corrected chi connectivity index (χ3v) is 6.26. The minimum Gasteiger partial charge on any atom is -0.468 e. The average molecular weight is 447 g/mol. The number of carbonyl (C=O) groups excluding carboxylic acids is 3. The zero-order valence-corrected chi connectivity index (χ0v) is 17.7. The topological polar surface area (TPSA) is 107 Å². The quantitative estimate of drug-likeness (QED) is 0.378. The van der Waals surface area contributed by atoms with Gasteiger partial charge >= 0.3 is 16.1 Å². The number of benzene rings is 2. The second-order valence-corrected chi connectivity index (χ2v) is 8.77. The molecule has 0 unspecified atom stereocenters. The Morgan fingerprint density at radius 3 is 2.43 bits per heavy atom. The molecule has 0 N–H and O–H groups in total. The number of aryl methyl sites for hydroxylation is 1. The van der Waals surface area contributed by atoms with E-state index in [1.807, 2.05) is 6.92 Å². The highest BCUT2D eigenvalue weighted by atomic mass is 32.2. The van der Waals surface area contributed by atoms with E-state index in [4.69, 9.17) is 4.18 Å². The van der Waals surface area contributed by atoms with E-state index in [0.29, 0.717) is 11.8 Å². The molecular formula is C20H17NO7S2. The molecule has 0 aromatic heterocycles. The van der Waals surface area contributed by atoms with Crippen molar-refractivity contribution in [2.24, 2.45) is 0 Å². The number of nitrogens with zero attached hydrogens (tertiary/aromatic N) is 1. The Morgan fingerprint density at radius 1 is 1.10 bits per heavy atom. The van der Waals surface area contributed by atoms with E-state index in [2.05, 4.69) is 4.74 Å². The first-order chi connectivity index (χ1) is 14.2. The third-order valence-electron chi connectivity index (χ3n) is 4.10. The van der Waals surface area contributed by atoms with Crippen molar-refractivity contribution in [1.82, 2.24) is 4.90 Å². The molecule has 2 aromatic rings. The highest BCUT2D eigenvalue weighted by Gasteiger charge is 2.36. The van der Waals surface area contributed by atoms with E-state index in [0.717, 1.165) is 17.6 Å². The van der Waals surface area contributed by atoms with Gasteiger partial charge in [-0.1, -0.05) is 35.9 Å². The largest absolute Gasteiger partial charge is 0.468 e.